The second-order valence-electron chi connectivity index (χ2n) is 4.90. The molecule has 15 heavy (non-hydrogen) atoms. The van der Waals surface area contributed by atoms with Gasteiger partial charge in [0.1, 0.15) is 5.54 Å². The fourth-order valence-electron chi connectivity index (χ4n) is 2.64. The number of nitrogens with one attached hydrogen (secondary N) is 1. The van der Waals surface area contributed by atoms with Crippen LogP contribution in [-0.4, -0.2) is 31.0 Å². The summed E-state index contributed by atoms with van der Waals surface area (Å²) in [5, 5.41) is 3.38. The third-order valence-electron chi connectivity index (χ3n) is 3.75. The molecule has 1 saturated heterocycles. The maximum absolute atomic E-state index is 11.8. The molecule has 1 spiro atoms. The van der Waals surface area contributed by atoms with Crippen molar-refractivity contribution >= 4 is 17.6 Å². The average Bonchev–Trinajstić information content (AvgIpc) is 2.89. The zero-order chi connectivity index (χ0) is 10.9. The molecule has 1 saturated carbocycles. The lowest BCUT2D eigenvalue weighted by atomic mass is 9.87. The number of methoxy groups -OCH3 is 1. The summed E-state index contributed by atoms with van der Waals surface area (Å²) in [7, 11) is 1.46. The van der Waals surface area contributed by atoms with Gasteiger partial charge in [0, 0.05) is 12.4 Å². The number of rotatable bonds is 4. The zero-order valence-electron chi connectivity index (χ0n) is 9.14. The Hall–Kier alpha value is -0.280. The highest BCUT2D eigenvalue weighted by atomic mass is 35.5. The zero-order valence-corrected chi connectivity index (χ0v) is 9.90. The maximum Gasteiger partial charge on any atom is 0.326 e. The maximum atomic E-state index is 11.8. The van der Waals surface area contributed by atoms with Crippen LogP contribution in [0.15, 0.2) is 0 Å². The van der Waals surface area contributed by atoms with Crippen molar-refractivity contribution in [2.45, 2.75) is 37.6 Å². The van der Waals surface area contributed by atoms with E-state index in [9.17, 15) is 4.79 Å². The van der Waals surface area contributed by atoms with E-state index in [2.05, 4.69) is 5.32 Å². The van der Waals surface area contributed by atoms with Crippen molar-refractivity contribution < 1.29 is 9.53 Å². The lowest BCUT2D eigenvalue weighted by Gasteiger charge is -2.26. The van der Waals surface area contributed by atoms with E-state index in [-0.39, 0.29) is 5.97 Å². The Morgan fingerprint density at radius 3 is 2.73 bits per heavy atom. The molecule has 3 nitrogen and oxygen atoms in total. The first kappa shape index (κ1) is 11.2. The quantitative estimate of drug-likeness (QED) is 0.591. The fraction of sp³-hybridized carbons (Fsp3) is 0.909. The molecule has 4 heteroatoms. The molecule has 0 amide bonds. The van der Waals surface area contributed by atoms with E-state index >= 15 is 0 Å². The molecule has 1 aliphatic heterocycles. The topological polar surface area (TPSA) is 38.3 Å². The van der Waals surface area contributed by atoms with Gasteiger partial charge in [-0.05, 0) is 37.5 Å². The highest BCUT2D eigenvalue weighted by Gasteiger charge is 2.57. The molecular formula is C11H18ClNO2. The van der Waals surface area contributed by atoms with Crippen molar-refractivity contribution in [1.29, 1.82) is 0 Å². The third kappa shape index (κ3) is 2.00. The Kier molecular flexibility index (Phi) is 2.95. The van der Waals surface area contributed by atoms with Gasteiger partial charge in [-0.2, -0.15) is 0 Å². The fourth-order valence-corrected chi connectivity index (χ4v) is 2.77. The normalized spacial score (nSPS) is 31.9. The van der Waals surface area contributed by atoms with Crippen LogP contribution in [0.4, 0.5) is 0 Å². The molecule has 1 aliphatic carbocycles. The van der Waals surface area contributed by atoms with Crippen LogP contribution in [0.25, 0.3) is 0 Å². The van der Waals surface area contributed by atoms with E-state index in [1.807, 2.05) is 0 Å². The molecule has 0 bridgehead atoms. The molecule has 2 rings (SSSR count). The molecule has 1 atom stereocenters. The standard InChI is InChI=1S/C11H18ClNO2/c1-15-9(14)11(3-2-6-12)7-10(4-5-10)8-13-11/h13H,2-8H2,1H3. The first-order chi connectivity index (χ1) is 7.16. The van der Waals surface area contributed by atoms with Gasteiger partial charge in [-0.15, -0.1) is 11.6 Å². The molecule has 1 N–H and O–H groups in total. The predicted molar refractivity (Wildman–Crippen MR) is 59.0 cm³/mol. The summed E-state index contributed by atoms with van der Waals surface area (Å²) >= 11 is 5.70. The molecule has 86 valence electrons. The Morgan fingerprint density at radius 2 is 2.27 bits per heavy atom. The molecule has 0 aromatic heterocycles. The first-order valence-corrected chi connectivity index (χ1v) is 6.09. The molecule has 1 unspecified atom stereocenters. The van der Waals surface area contributed by atoms with Crippen LogP contribution in [-0.2, 0) is 9.53 Å². The van der Waals surface area contributed by atoms with Gasteiger partial charge in [-0.1, -0.05) is 0 Å². The third-order valence-corrected chi connectivity index (χ3v) is 4.02. The smallest absolute Gasteiger partial charge is 0.326 e. The number of carbonyl (C=O) groups excluding carboxylic acids is 1. The van der Waals surface area contributed by atoms with Crippen molar-refractivity contribution in [2.24, 2.45) is 5.41 Å². The van der Waals surface area contributed by atoms with Crippen LogP contribution in [0.1, 0.15) is 32.1 Å². The van der Waals surface area contributed by atoms with E-state index in [1.165, 1.54) is 20.0 Å². The SMILES string of the molecule is COC(=O)C1(CCCCl)CC2(CC2)CN1. The minimum atomic E-state index is -0.444. The molecule has 0 aromatic carbocycles. The van der Waals surface area contributed by atoms with Gasteiger partial charge in [0.25, 0.3) is 0 Å². The summed E-state index contributed by atoms with van der Waals surface area (Å²) < 4.78 is 4.91. The van der Waals surface area contributed by atoms with Gasteiger partial charge in [0.2, 0.25) is 0 Å². The first-order valence-electron chi connectivity index (χ1n) is 5.56. The summed E-state index contributed by atoms with van der Waals surface area (Å²) in [5.74, 6) is 0.490. The van der Waals surface area contributed by atoms with Crippen molar-refractivity contribution in [2.75, 3.05) is 19.5 Å². The van der Waals surface area contributed by atoms with Crippen LogP contribution >= 0.6 is 11.6 Å². The summed E-state index contributed by atoms with van der Waals surface area (Å²) in [6.45, 7) is 0.963. The monoisotopic (exact) mass is 231 g/mol. The van der Waals surface area contributed by atoms with E-state index < -0.39 is 5.54 Å². The number of halogens is 1. The molecule has 0 radical (unpaired) electrons. The number of hydrogen-bond acceptors (Lipinski definition) is 3. The number of esters is 1. The Morgan fingerprint density at radius 1 is 1.53 bits per heavy atom. The minimum Gasteiger partial charge on any atom is -0.468 e. The number of alkyl halides is 1. The van der Waals surface area contributed by atoms with Gasteiger partial charge >= 0.3 is 5.97 Å². The molecule has 0 aromatic rings. The molecule has 2 fully saturated rings. The number of carbonyl (C=O) groups is 1. The van der Waals surface area contributed by atoms with Crippen LogP contribution in [0, 0.1) is 5.41 Å². The molecule has 2 aliphatic rings. The van der Waals surface area contributed by atoms with Crippen LogP contribution < -0.4 is 5.32 Å². The lowest BCUT2D eigenvalue weighted by molar-refractivity contribution is -0.148. The predicted octanol–water partition coefficient (Wildman–Crippen LogP) is 1.69. The van der Waals surface area contributed by atoms with Crippen LogP contribution in [0.2, 0.25) is 0 Å². The van der Waals surface area contributed by atoms with E-state index in [4.69, 9.17) is 16.3 Å². The Bertz CT molecular complexity index is 265. The summed E-state index contributed by atoms with van der Waals surface area (Å²) in [6, 6.07) is 0. The second-order valence-corrected chi connectivity index (χ2v) is 5.27. The van der Waals surface area contributed by atoms with Crippen molar-refractivity contribution in [1.82, 2.24) is 5.32 Å². The van der Waals surface area contributed by atoms with Gasteiger partial charge < -0.3 is 10.1 Å². The van der Waals surface area contributed by atoms with Crippen molar-refractivity contribution in [3.63, 3.8) is 0 Å². The summed E-state index contributed by atoms with van der Waals surface area (Å²) in [5.41, 5.74) is -0.0410. The van der Waals surface area contributed by atoms with Gasteiger partial charge in [0.05, 0.1) is 7.11 Å². The van der Waals surface area contributed by atoms with Crippen molar-refractivity contribution in [3.8, 4) is 0 Å². The minimum absolute atomic E-state index is 0.114. The van der Waals surface area contributed by atoms with E-state index in [0.29, 0.717) is 11.3 Å². The Balaban J connectivity index is 2.06. The van der Waals surface area contributed by atoms with Crippen LogP contribution in [0.5, 0.6) is 0 Å². The van der Waals surface area contributed by atoms with E-state index in [1.54, 1.807) is 0 Å². The number of hydrogen-bond donors (Lipinski definition) is 1. The second kappa shape index (κ2) is 3.95. The van der Waals surface area contributed by atoms with Gasteiger partial charge in [0.15, 0.2) is 0 Å². The average molecular weight is 232 g/mol. The highest BCUT2D eigenvalue weighted by molar-refractivity contribution is 6.17. The summed E-state index contributed by atoms with van der Waals surface area (Å²) in [4.78, 5) is 11.8. The van der Waals surface area contributed by atoms with Crippen LogP contribution in [0.3, 0.4) is 0 Å². The summed E-state index contributed by atoms with van der Waals surface area (Å²) in [6.07, 6.45) is 5.09. The molecule has 1 heterocycles. The Labute approximate surface area is 95.5 Å². The molecular weight excluding hydrogens is 214 g/mol. The van der Waals surface area contributed by atoms with E-state index in [0.717, 1.165) is 25.8 Å². The van der Waals surface area contributed by atoms with Crippen molar-refractivity contribution in [3.05, 3.63) is 0 Å². The largest absolute Gasteiger partial charge is 0.468 e. The lowest BCUT2D eigenvalue weighted by Crippen LogP contribution is -2.48. The number of ether oxygens (including phenoxy) is 1. The van der Waals surface area contributed by atoms with Gasteiger partial charge in [-0.3, -0.25) is 4.79 Å². The van der Waals surface area contributed by atoms with Gasteiger partial charge in [-0.25, -0.2) is 0 Å². The highest BCUT2D eigenvalue weighted by Crippen LogP contribution is 2.55.